The predicted octanol–water partition coefficient (Wildman–Crippen LogP) is 2.62. The van der Waals surface area contributed by atoms with Gasteiger partial charge in [0.25, 0.3) is 0 Å². The number of rotatable bonds is 9. The Morgan fingerprint density at radius 2 is 2.00 bits per heavy atom. The van der Waals surface area contributed by atoms with Crippen LogP contribution in [0.25, 0.3) is 0 Å². The number of nitrogens with one attached hydrogen (secondary N) is 1. The minimum Gasteiger partial charge on any atom is -0.480 e. The van der Waals surface area contributed by atoms with E-state index in [2.05, 4.69) is 5.32 Å². The van der Waals surface area contributed by atoms with E-state index in [1.165, 1.54) is 16.7 Å². The fourth-order valence-electron chi connectivity index (χ4n) is 2.89. The van der Waals surface area contributed by atoms with E-state index >= 15 is 0 Å². The number of nitrogens with zero attached hydrogens (tertiary/aromatic N) is 1. The van der Waals surface area contributed by atoms with Crippen molar-refractivity contribution in [2.24, 2.45) is 0 Å². The summed E-state index contributed by atoms with van der Waals surface area (Å²) in [7, 11) is 0. The lowest BCUT2D eigenvalue weighted by atomic mass is 10.1. The number of aliphatic carboxylic acids is 2. The van der Waals surface area contributed by atoms with Crippen LogP contribution < -0.4 is 10.2 Å². The van der Waals surface area contributed by atoms with Crippen LogP contribution in [0.15, 0.2) is 29.2 Å². The maximum atomic E-state index is 12.9. The van der Waals surface area contributed by atoms with Crippen LogP contribution >= 0.6 is 24.2 Å². The predicted molar refractivity (Wildman–Crippen MR) is 107 cm³/mol. The highest BCUT2D eigenvalue weighted by Gasteiger charge is 2.34. The highest BCUT2D eigenvalue weighted by atomic mass is 35.5. The second-order valence-corrected chi connectivity index (χ2v) is 7.26. The second-order valence-electron chi connectivity index (χ2n) is 6.20. The van der Waals surface area contributed by atoms with Crippen molar-refractivity contribution >= 4 is 47.7 Å². The zero-order valence-electron chi connectivity index (χ0n) is 15.1. The lowest BCUT2D eigenvalue weighted by Gasteiger charge is -2.26. The number of thioether (sulfide) groups is 1. The average Bonchev–Trinajstić information content (AvgIpc) is 2.72. The Morgan fingerprint density at radius 3 is 2.63 bits per heavy atom. The Kier molecular flexibility index (Phi) is 9.62. The van der Waals surface area contributed by atoms with Crippen molar-refractivity contribution in [2.75, 3.05) is 17.2 Å². The fraction of sp³-hybridized carbons (Fsp3) is 0.500. The van der Waals surface area contributed by atoms with Gasteiger partial charge in [-0.3, -0.25) is 24.6 Å². The molecule has 0 bridgehead atoms. The summed E-state index contributed by atoms with van der Waals surface area (Å²) >= 11 is 1.42. The van der Waals surface area contributed by atoms with Gasteiger partial charge < -0.3 is 10.2 Å². The van der Waals surface area contributed by atoms with Crippen molar-refractivity contribution in [1.29, 1.82) is 0 Å². The molecule has 2 atom stereocenters. The monoisotopic (exact) mass is 416 g/mol. The lowest BCUT2D eigenvalue weighted by molar-refractivity contribution is -0.140. The molecule has 1 aromatic carbocycles. The number of carbonyl (C=O) groups is 3. The van der Waals surface area contributed by atoms with Crippen LogP contribution in [0, 0.1) is 0 Å². The number of hydrogen-bond acceptors (Lipinski definition) is 5. The van der Waals surface area contributed by atoms with Gasteiger partial charge in [-0.1, -0.05) is 38.3 Å². The summed E-state index contributed by atoms with van der Waals surface area (Å²) in [6.07, 6.45) is 3.10. The number of fused-ring (bicyclic) bond motifs is 1. The Labute approximate surface area is 168 Å². The van der Waals surface area contributed by atoms with Gasteiger partial charge in [0.05, 0.1) is 11.7 Å². The first-order chi connectivity index (χ1) is 12.4. The molecule has 27 heavy (non-hydrogen) atoms. The molecule has 0 spiro atoms. The van der Waals surface area contributed by atoms with Crippen molar-refractivity contribution in [3.63, 3.8) is 0 Å². The number of unbranched alkanes of at least 4 members (excludes halogenated alkanes) is 2. The van der Waals surface area contributed by atoms with Gasteiger partial charge in [-0.25, -0.2) is 0 Å². The summed E-state index contributed by atoms with van der Waals surface area (Å²) < 4.78 is 0. The van der Waals surface area contributed by atoms with Crippen molar-refractivity contribution in [2.45, 2.75) is 49.6 Å². The summed E-state index contributed by atoms with van der Waals surface area (Å²) in [6, 6.07) is 5.54. The van der Waals surface area contributed by atoms with Crippen LogP contribution in [0.4, 0.5) is 5.69 Å². The first-order valence-corrected chi connectivity index (χ1v) is 9.66. The molecule has 1 heterocycles. The maximum absolute atomic E-state index is 12.9. The second kappa shape index (κ2) is 11.2. The van der Waals surface area contributed by atoms with E-state index < -0.39 is 36.5 Å². The molecule has 1 aromatic rings. The number of carboxylic acid groups (broad SMARTS) is 2. The number of amides is 1. The van der Waals surface area contributed by atoms with Gasteiger partial charge in [0.15, 0.2) is 0 Å². The molecule has 0 fully saturated rings. The molecule has 1 aliphatic rings. The van der Waals surface area contributed by atoms with Crippen LogP contribution in [-0.2, 0) is 14.4 Å². The number of hydrogen-bond donors (Lipinski definition) is 3. The van der Waals surface area contributed by atoms with E-state index in [-0.39, 0.29) is 12.4 Å². The van der Waals surface area contributed by atoms with Gasteiger partial charge in [0.2, 0.25) is 5.91 Å². The number of halogens is 1. The molecule has 0 radical (unpaired) electrons. The van der Waals surface area contributed by atoms with E-state index in [9.17, 15) is 24.6 Å². The van der Waals surface area contributed by atoms with E-state index in [0.29, 0.717) is 17.9 Å². The van der Waals surface area contributed by atoms with Crippen LogP contribution in [0.3, 0.4) is 0 Å². The number of carbonyl (C=O) groups excluding carboxylic acids is 1. The molecule has 2 rings (SSSR count). The topological polar surface area (TPSA) is 107 Å². The number of para-hydroxylation sites is 1. The van der Waals surface area contributed by atoms with Gasteiger partial charge in [-0.05, 0) is 18.6 Å². The van der Waals surface area contributed by atoms with Gasteiger partial charge in [0.1, 0.15) is 12.6 Å². The van der Waals surface area contributed by atoms with E-state index in [1.54, 1.807) is 12.1 Å². The first kappa shape index (κ1) is 23.3. The summed E-state index contributed by atoms with van der Waals surface area (Å²) in [5.74, 6) is -2.17. The van der Waals surface area contributed by atoms with Gasteiger partial charge in [-0.2, -0.15) is 0 Å². The van der Waals surface area contributed by atoms with Crippen LogP contribution in [-0.4, -0.2) is 52.4 Å². The van der Waals surface area contributed by atoms with Gasteiger partial charge >= 0.3 is 11.9 Å². The largest absolute Gasteiger partial charge is 0.480 e. The van der Waals surface area contributed by atoms with Crippen molar-refractivity contribution in [3.8, 4) is 0 Å². The molecule has 0 aliphatic carbocycles. The normalized spacial score (nSPS) is 17.4. The van der Waals surface area contributed by atoms with Crippen LogP contribution in [0.5, 0.6) is 0 Å². The third-order valence-electron chi connectivity index (χ3n) is 4.22. The minimum absolute atomic E-state index is 0. The average molecular weight is 417 g/mol. The fourth-order valence-corrected chi connectivity index (χ4v) is 3.98. The highest BCUT2D eigenvalue weighted by Crippen LogP contribution is 2.34. The smallest absolute Gasteiger partial charge is 0.323 e. The molecule has 150 valence electrons. The summed E-state index contributed by atoms with van der Waals surface area (Å²) in [6.45, 7) is 1.58. The molecule has 7 nitrogen and oxygen atoms in total. The zero-order valence-corrected chi connectivity index (χ0v) is 16.7. The van der Waals surface area contributed by atoms with Gasteiger partial charge in [-0.15, -0.1) is 24.2 Å². The molecule has 0 aromatic heterocycles. The van der Waals surface area contributed by atoms with E-state index in [4.69, 9.17) is 0 Å². The molecule has 0 saturated heterocycles. The minimum atomic E-state index is -1.11. The lowest BCUT2D eigenvalue weighted by Crippen LogP contribution is -2.53. The highest BCUT2D eigenvalue weighted by molar-refractivity contribution is 7.99. The van der Waals surface area contributed by atoms with Crippen LogP contribution in [0.2, 0.25) is 0 Å². The number of benzene rings is 1. The summed E-state index contributed by atoms with van der Waals surface area (Å²) in [5, 5.41) is 21.6. The number of carboxylic acids is 2. The third kappa shape index (κ3) is 6.41. The molecule has 2 unspecified atom stereocenters. The first-order valence-electron chi connectivity index (χ1n) is 8.68. The molecule has 9 heteroatoms. The molecule has 1 aliphatic heterocycles. The van der Waals surface area contributed by atoms with Crippen LogP contribution in [0.1, 0.15) is 32.6 Å². The Balaban J connectivity index is 0.00000364. The zero-order chi connectivity index (χ0) is 19.1. The Morgan fingerprint density at radius 1 is 1.30 bits per heavy atom. The molecule has 0 saturated carbocycles. The van der Waals surface area contributed by atoms with Crippen molar-refractivity contribution in [1.82, 2.24) is 5.32 Å². The quantitative estimate of drug-likeness (QED) is 0.531. The Bertz CT molecular complexity index is 673. The maximum Gasteiger partial charge on any atom is 0.323 e. The SMILES string of the molecule is CCCCCC(NC1CSc2ccccc2N(CC(=O)O)C1=O)C(=O)O.Cl. The van der Waals surface area contributed by atoms with Crippen molar-refractivity contribution < 1.29 is 24.6 Å². The molecular formula is C18H25ClN2O5S. The van der Waals surface area contributed by atoms with Gasteiger partial charge in [0, 0.05) is 10.6 Å². The molecular weight excluding hydrogens is 392 g/mol. The number of anilines is 1. The summed E-state index contributed by atoms with van der Waals surface area (Å²) in [4.78, 5) is 37.7. The van der Waals surface area contributed by atoms with E-state index in [1.807, 2.05) is 19.1 Å². The third-order valence-corrected chi connectivity index (χ3v) is 5.37. The van der Waals surface area contributed by atoms with Crippen molar-refractivity contribution in [3.05, 3.63) is 24.3 Å². The standard InChI is InChI=1S/C18H24N2O5S.ClH/c1-2-3-4-7-12(18(24)25)19-13-11-26-15-9-6-5-8-14(15)20(17(13)23)10-16(21)22;/h5-6,8-9,12-13,19H,2-4,7,10-11H2,1H3,(H,21,22)(H,24,25);1H. The Hall–Kier alpha value is -1.77. The van der Waals surface area contributed by atoms with E-state index in [0.717, 1.165) is 24.2 Å². The summed E-state index contributed by atoms with van der Waals surface area (Å²) in [5.41, 5.74) is 0.548. The molecule has 1 amide bonds. The molecule has 3 N–H and O–H groups in total.